The summed E-state index contributed by atoms with van der Waals surface area (Å²) < 4.78 is 5.65. The molecule has 0 saturated heterocycles. The van der Waals surface area contributed by atoms with E-state index < -0.39 is 0 Å². The fourth-order valence-electron chi connectivity index (χ4n) is 2.30. The monoisotopic (exact) mass is 269 g/mol. The molecule has 106 valence electrons. The van der Waals surface area contributed by atoms with Gasteiger partial charge in [0.2, 0.25) is 0 Å². The summed E-state index contributed by atoms with van der Waals surface area (Å²) in [4.78, 5) is 0. The lowest BCUT2D eigenvalue weighted by molar-refractivity contribution is 0.336. The molecule has 2 aromatic carbocycles. The van der Waals surface area contributed by atoms with E-state index in [9.17, 15) is 0 Å². The maximum Gasteiger partial charge on any atom is 0.122 e. The van der Waals surface area contributed by atoms with Crippen molar-refractivity contribution in [3.8, 4) is 5.75 Å². The van der Waals surface area contributed by atoms with Crippen molar-refractivity contribution in [1.82, 2.24) is 0 Å². The summed E-state index contributed by atoms with van der Waals surface area (Å²) >= 11 is 0. The molecule has 0 aliphatic rings. The smallest absolute Gasteiger partial charge is 0.122 e. The molecule has 2 nitrogen and oxygen atoms in total. The maximum atomic E-state index is 6.28. The number of benzene rings is 2. The minimum Gasteiger partial charge on any atom is -0.494 e. The van der Waals surface area contributed by atoms with Crippen LogP contribution in [0.2, 0.25) is 0 Å². The van der Waals surface area contributed by atoms with Gasteiger partial charge in [-0.1, -0.05) is 48.0 Å². The van der Waals surface area contributed by atoms with Crippen molar-refractivity contribution in [2.75, 3.05) is 6.61 Å². The second kappa shape index (κ2) is 7.11. The summed E-state index contributed by atoms with van der Waals surface area (Å²) in [6, 6.07) is 16.7. The second-order valence-electron chi connectivity index (χ2n) is 5.10. The van der Waals surface area contributed by atoms with Crippen LogP contribution in [0.15, 0.2) is 48.5 Å². The van der Waals surface area contributed by atoms with Crippen LogP contribution in [0.5, 0.6) is 5.75 Å². The lowest BCUT2D eigenvalue weighted by Crippen LogP contribution is -2.11. The zero-order valence-corrected chi connectivity index (χ0v) is 12.3. The van der Waals surface area contributed by atoms with Gasteiger partial charge in [-0.3, -0.25) is 0 Å². The van der Waals surface area contributed by atoms with Crippen LogP contribution >= 0.6 is 0 Å². The Labute approximate surface area is 121 Å². The van der Waals surface area contributed by atoms with E-state index in [4.69, 9.17) is 10.5 Å². The van der Waals surface area contributed by atoms with Crippen LogP contribution in [0, 0.1) is 6.92 Å². The number of hydrogen-bond acceptors (Lipinski definition) is 2. The van der Waals surface area contributed by atoms with E-state index in [1.165, 1.54) is 16.7 Å². The fourth-order valence-corrected chi connectivity index (χ4v) is 2.30. The van der Waals surface area contributed by atoms with Crippen LogP contribution in [0.3, 0.4) is 0 Å². The van der Waals surface area contributed by atoms with Gasteiger partial charge in [-0.05, 0) is 43.9 Å². The first-order valence-corrected chi connectivity index (χ1v) is 7.23. The number of aryl methyl sites for hydroxylation is 2. The molecule has 20 heavy (non-hydrogen) atoms. The normalized spacial score (nSPS) is 12.2. The highest BCUT2D eigenvalue weighted by atomic mass is 16.5. The van der Waals surface area contributed by atoms with Gasteiger partial charge in [-0.25, -0.2) is 0 Å². The predicted octanol–water partition coefficient (Wildman–Crippen LogP) is 4.03. The lowest BCUT2D eigenvalue weighted by atomic mass is 9.98. The van der Waals surface area contributed by atoms with Crippen LogP contribution < -0.4 is 10.5 Å². The van der Waals surface area contributed by atoms with Gasteiger partial charge in [0.05, 0.1) is 6.61 Å². The van der Waals surface area contributed by atoms with Crippen LogP contribution in [0.1, 0.15) is 36.1 Å². The first-order chi connectivity index (χ1) is 9.70. The maximum absolute atomic E-state index is 6.28. The Morgan fingerprint density at radius 3 is 2.45 bits per heavy atom. The number of hydrogen-bond donors (Lipinski definition) is 1. The average Bonchev–Trinajstić information content (AvgIpc) is 2.47. The summed E-state index contributed by atoms with van der Waals surface area (Å²) in [5.74, 6) is 0.978. The SMILES string of the molecule is CCOc1ccccc1CCC(N)c1ccc(C)cc1. The molecular formula is C18H23NO. The van der Waals surface area contributed by atoms with Gasteiger partial charge in [0.15, 0.2) is 0 Å². The van der Waals surface area contributed by atoms with Gasteiger partial charge in [-0.2, -0.15) is 0 Å². The highest BCUT2D eigenvalue weighted by Crippen LogP contribution is 2.23. The van der Waals surface area contributed by atoms with Crippen LogP contribution in [-0.4, -0.2) is 6.61 Å². The highest BCUT2D eigenvalue weighted by molar-refractivity contribution is 5.33. The topological polar surface area (TPSA) is 35.2 Å². The van der Waals surface area contributed by atoms with E-state index in [2.05, 4.69) is 43.3 Å². The standard InChI is InChI=1S/C18H23NO/c1-3-20-18-7-5-4-6-16(18)12-13-17(19)15-10-8-14(2)9-11-15/h4-11,17H,3,12-13,19H2,1-2H3. The lowest BCUT2D eigenvalue weighted by Gasteiger charge is -2.14. The molecule has 2 N–H and O–H groups in total. The molecular weight excluding hydrogens is 246 g/mol. The fraction of sp³-hybridized carbons (Fsp3) is 0.333. The Morgan fingerprint density at radius 2 is 1.75 bits per heavy atom. The first-order valence-electron chi connectivity index (χ1n) is 7.23. The zero-order chi connectivity index (χ0) is 14.4. The van der Waals surface area contributed by atoms with E-state index in [-0.39, 0.29) is 6.04 Å². The molecule has 0 spiro atoms. The third kappa shape index (κ3) is 3.84. The van der Waals surface area contributed by atoms with Crippen molar-refractivity contribution >= 4 is 0 Å². The van der Waals surface area contributed by atoms with E-state index in [1.54, 1.807) is 0 Å². The molecule has 2 aromatic rings. The molecule has 1 unspecified atom stereocenters. The van der Waals surface area contributed by atoms with E-state index in [0.29, 0.717) is 6.61 Å². The average molecular weight is 269 g/mol. The highest BCUT2D eigenvalue weighted by Gasteiger charge is 2.08. The van der Waals surface area contributed by atoms with Crippen LogP contribution in [0.4, 0.5) is 0 Å². The van der Waals surface area contributed by atoms with Gasteiger partial charge < -0.3 is 10.5 Å². The van der Waals surface area contributed by atoms with Crippen molar-refractivity contribution < 1.29 is 4.74 Å². The van der Waals surface area contributed by atoms with Crippen molar-refractivity contribution in [2.45, 2.75) is 32.7 Å². The van der Waals surface area contributed by atoms with Crippen molar-refractivity contribution in [1.29, 1.82) is 0 Å². The Hall–Kier alpha value is -1.80. The number of ether oxygens (including phenoxy) is 1. The molecule has 2 heteroatoms. The third-order valence-corrected chi connectivity index (χ3v) is 3.50. The molecule has 0 aliphatic heterocycles. The van der Waals surface area contributed by atoms with Crippen molar-refractivity contribution in [3.05, 3.63) is 65.2 Å². The Morgan fingerprint density at radius 1 is 1.05 bits per heavy atom. The van der Waals surface area contributed by atoms with Crippen molar-refractivity contribution in [3.63, 3.8) is 0 Å². The third-order valence-electron chi connectivity index (χ3n) is 3.50. The quantitative estimate of drug-likeness (QED) is 0.859. The van der Waals surface area contributed by atoms with Crippen LogP contribution in [0.25, 0.3) is 0 Å². The molecule has 0 bridgehead atoms. The molecule has 0 fully saturated rings. The van der Waals surface area contributed by atoms with Gasteiger partial charge in [0.25, 0.3) is 0 Å². The Balaban J connectivity index is 1.99. The summed E-state index contributed by atoms with van der Waals surface area (Å²) in [5, 5.41) is 0. The van der Waals surface area contributed by atoms with Gasteiger partial charge in [0, 0.05) is 6.04 Å². The summed E-state index contributed by atoms with van der Waals surface area (Å²) in [6.07, 6.45) is 1.86. The van der Waals surface area contributed by atoms with E-state index in [1.807, 2.05) is 19.1 Å². The van der Waals surface area contributed by atoms with Crippen LogP contribution in [-0.2, 0) is 6.42 Å². The molecule has 0 heterocycles. The molecule has 2 rings (SSSR count). The molecule has 0 amide bonds. The van der Waals surface area contributed by atoms with E-state index >= 15 is 0 Å². The van der Waals surface area contributed by atoms with Gasteiger partial charge in [0.1, 0.15) is 5.75 Å². The molecule has 0 radical (unpaired) electrons. The molecule has 0 saturated carbocycles. The summed E-state index contributed by atoms with van der Waals surface area (Å²) in [5.41, 5.74) is 9.97. The predicted molar refractivity (Wildman–Crippen MR) is 84.0 cm³/mol. The van der Waals surface area contributed by atoms with Gasteiger partial charge >= 0.3 is 0 Å². The summed E-state index contributed by atoms with van der Waals surface area (Å²) in [7, 11) is 0. The van der Waals surface area contributed by atoms with E-state index in [0.717, 1.165) is 18.6 Å². The minimum absolute atomic E-state index is 0.0743. The molecule has 0 aliphatic carbocycles. The van der Waals surface area contributed by atoms with Gasteiger partial charge in [-0.15, -0.1) is 0 Å². The number of nitrogens with two attached hydrogens (primary N) is 1. The second-order valence-corrected chi connectivity index (χ2v) is 5.10. The van der Waals surface area contributed by atoms with Crippen molar-refractivity contribution in [2.24, 2.45) is 5.73 Å². The number of para-hydroxylation sites is 1. The zero-order valence-electron chi connectivity index (χ0n) is 12.3. The minimum atomic E-state index is 0.0743. The molecule has 0 aromatic heterocycles. The Kier molecular flexibility index (Phi) is 5.19. The largest absolute Gasteiger partial charge is 0.494 e. The molecule has 1 atom stereocenters. The Bertz CT molecular complexity index is 533. The first kappa shape index (κ1) is 14.6. The number of rotatable bonds is 6. The summed E-state index contributed by atoms with van der Waals surface area (Å²) in [6.45, 7) is 4.80.